The van der Waals surface area contributed by atoms with E-state index in [0.29, 0.717) is 11.3 Å². The van der Waals surface area contributed by atoms with Gasteiger partial charge in [-0.2, -0.15) is 10.2 Å². The van der Waals surface area contributed by atoms with Crippen LogP contribution in [0.5, 0.6) is 11.5 Å². The van der Waals surface area contributed by atoms with E-state index in [4.69, 9.17) is 4.74 Å². The van der Waals surface area contributed by atoms with Gasteiger partial charge in [0, 0.05) is 15.7 Å². The van der Waals surface area contributed by atoms with Gasteiger partial charge >= 0.3 is 0 Å². The smallest absolute Gasteiger partial charge is 0.261 e. The van der Waals surface area contributed by atoms with E-state index in [2.05, 4.69) is 31.6 Å². The largest absolute Gasteiger partial charge is 0.504 e. The van der Waals surface area contributed by atoms with E-state index in [-0.39, 0.29) is 18.2 Å². The van der Waals surface area contributed by atoms with Crippen LogP contribution in [-0.2, 0) is 11.3 Å². The second-order valence-corrected chi connectivity index (χ2v) is 5.84. The molecule has 7 nitrogen and oxygen atoms in total. The molecule has 0 atom stereocenters. The maximum atomic E-state index is 11.9. The first kappa shape index (κ1) is 17.0. The molecule has 0 saturated heterocycles. The normalized spacial score (nSPS) is 11.0. The van der Waals surface area contributed by atoms with Gasteiger partial charge in [0.1, 0.15) is 6.54 Å². The van der Waals surface area contributed by atoms with Crippen LogP contribution in [0.1, 0.15) is 17.0 Å². The fourth-order valence-corrected chi connectivity index (χ4v) is 2.48. The highest BCUT2D eigenvalue weighted by Gasteiger charge is 2.09. The van der Waals surface area contributed by atoms with Gasteiger partial charge in [-0.1, -0.05) is 15.9 Å². The summed E-state index contributed by atoms with van der Waals surface area (Å²) in [5.74, 6) is -0.0454. The zero-order valence-corrected chi connectivity index (χ0v) is 14.6. The minimum atomic E-state index is -0.311. The number of phenolic OH excluding ortho intramolecular Hbond substituents is 1. The minimum absolute atomic E-state index is 0.0488. The van der Waals surface area contributed by atoms with Crippen molar-refractivity contribution in [3.05, 3.63) is 39.6 Å². The number of carbonyl (C=O) groups excluding carboxylic acids is 1. The first-order valence-corrected chi connectivity index (χ1v) is 7.59. The Hall–Kier alpha value is -2.35. The molecule has 8 heteroatoms. The maximum absolute atomic E-state index is 11.9. The van der Waals surface area contributed by atoms with Gasteiger partial charge in [-0.15, -0.1) is 0 Å². The molecule has 2 N–H and O–H groups in total. The van der Waals surface area contributed by atoms with Crippen LogP contribution in [0.15, 0.2) is 27.8 Å². The van der Waals surface area contributed by atoms with Crippen LogP contribution in [-0.4, -0.2) is 34.1 Å². The lowest BCUT2D eigenvalue weighted by Gasteiger charge is -2.07. The van der Waals surface area contributed by atoms with Crippen LogP contribution < -0.4 is 10.2 Å². The van der Waals surface area contributed by atoms with Crippen molar-refractivity contribution in [2.75, 3.05) is 7.11 Å². The number of nitrogens with zero attached hydrogens (tertiary/aromatic N) is 3. The molecule has 23 heavy (non-hydrogen) atoms. The Morgan fingerprint density at radius 3 is 2.83 bits per heavy atom. The summed E-state index contributed by atoms with van der Waals surface area (Å²) in [7, 11) is 1.46. The Morgan fingerprint density at radius 2 is 2.22 bits per heavy atom. The van der Waals surface area contributed by atoms with Crippen LogP contribution in [0.3, 0.4) is 0 Å². The summed E-state index contributed by atoms with van der Waals surface area (Å²) in [6, 6.07) is 5.19. The predicted molar refractivity (Wildman–Crippen MR) is 89.8 cm³/mol. The Bertz CT molecular complexity index is 755. The van der Waals surface area contributed by atoms with Crippen molar-refractivity contribution in [2.24, 2.45) is 5.10 Å². The molecule has 1 amide bonds. The first-order chi connectivity index (χ1) is 10.9. The van der Waals surface area contributed by atoms with Crippen molar-refractivity contribution in [1.82, 2.24) is 15.2 Å². The molecule has 0 bridgehead atoms. The topological polar surface area (TPSA) is 88.7 Å². The van der Waals surface area contributed by atoms with Gasteiger partial charge in [-0.05, 0) is 32.0 Å². The molecule has 0 radical (unpaired) electrons. The number of phenols is 1. The van der Waals surface area contributed by atoms with Gasteiger partial charge in [0.15, 0.2) is 11.5 Å². The zero-order valence-electron chi connectivity index (χ0n) is 13.0. The average Bonchev–Trinajstić information content (AvgIpc) is 2.80. The van der Waals surface area contributed by atoms with Gasteiger partial charge in [0.25, 0.3) is 5.91 Å². The molecule has 0 unspecified atom stereocenters. The number of carbonyl (C=O) groups is 1. The second kappa shape index (κ2) is 7.28. The van der Waals surface area contributed by atoms with Crippen molar-refractivity contribution < 1.29 is 14.6 Å². The second-order valence-electron chi connectivity index (χ2n) is 4.92. The Kier molecular flexibility index (Phi) is 5.38. The van der Waals surface area contributed by atoms with Crippen LogP contribution in [0.4, 0.5) is 0 Å². The lowest BCUT2D eigenvalue weighted by molar-refractivity contribution is -0.121. The molecule has 0 spiro atoms. The predicted octanol–water partition coefficient (Wildman–Crippen LogP) is 2.13. The molecular formula is C15H17BrN4O3. The minimum Gasteiger partial charge on any atom is -0.504 e. The van der Waals surface area contributed by atoms with Gasteiger partial charge < -0.3 is 9.84 Å². The summed E-state index contributed by atoms with van der Waals surface area (Å²) in [5.41, 5.74) is 4.57. The Balaban J connectivity index is 2.03. The number of aromatic hydroxyl groups is 1. The molecule has 1 heterocycles. The molecule has 122 valence electrons. The number of aromatic nitrogens is 2. The molecule has 0 aliphatic heterocycles. The third-order valence-corrected chi connectivity index (χ3v) is 3.54. The summed E-state index contributed by atoms with van der Waals surface area (Å²) in [4.78, 5) is 11.9. The number of hydrazone groups is 1. The number of ether oxygens (including phenoxy) is 1. The SMILES string of the molecule is COc1cc(Br)cc(/C=N/NC(=O)Cn2nc(C)cc2C)c1O. The van der Waals surface area contributed by atoms with Crippen molar-refractivity contribution in [2.45, 2.75) is 20.4 Å². The van der Waals surface area contributed by atoms with Crippen molar-refractivity contribution >= 4 is 28.1 Å². The van der Waals surface area contributed by atoms with Gasteiger partial charge in [0.2, 0.25) is 0 Å². The zero-order chi connectivity index (χ0) is 17.0. The number of amides is 1. The number of methoxy groups -OCH3 is 1. The maximum Gasteiger partial charge on any atom is 0.261 e. The van der Waals surface area contributed by atoms with E-state index in [0.717, 1.165) is 15.9 Å². The van der Waals surface area contributed by atoms with Gasteiger partial charge in [0.05, 0.1) is 19.0 Å². The summed E-state index contributed by atoms with van der Waals surface area (Å²) < 4.78 is 7.37. The lowest BCUT2D eigenvalue weighted by Crippen LogP contribution is -2.24. The number of hydrogen-bond donors (Lipinski definition) is 2. The molecule has 2 rings (SSSR count). The monoisotopic (exact) mass is 380 g/mol. The fourth-order valence-electron chi connectivity index (χ4n) is 2.03. The van der Waals surface area contributed by atoms with E-state index in [1.54, 1.807) is 16.8 Å². The summed E-state index contributed by atoms with van der Waals surface area (Å²) in [6.45, 7) is 3.82. The summed E-state index contributed by atoms with van der Waals surface area (Å²) in [6.07, 6.45) is 1.35. The van der Waals surface area contributed by atoms with E-state index in [9.17, 15) is 9.90 Å². The van der Waals surface area contributed by atoms with Crippen molar-refractivity contribution in [3.8, 4) is 11.5 Å². The molecule has 0 aliphatic rings. The molecule has 1 aromatic heterocycles. The summed E-state index contributed by atoms with van der Waals surface area (Å²) >= 11 is 3.31. The van der Waals surface area contributed by atoms with Crippen molar-refractivity contribution in [1.29, 1.82) is 0 Å². The van der Waals surface area contributed by atoms with Gasteiger partial charge in [-0.25, -0.2) is 5.43 Å². The molecule has 0 saturated carbocycles. The van der Waals surface area contributed by atoms with Crippen LogP contribution in [0, 0.1) is 13.8 Å². The van der Waals surface area contributed by atoms with Crippen LogP contribution >= 0.6 is 15.9 Å². The van der Waals surface area contributed by atoms with Crippen molar-refractivity contribution in [3.63, 3.8) is 0 Å². The van der Waals surface area contributed by atoms with Crippen LogP contribution in [0.25, 0.3) is 0 Å². The van der Waals surface area contributed by atoms with E-state index in [1.165, 1.54) is 13.3 Å². The molecule has 1 aromatic carbocycles. The highest BCUT2D eigenvalue weighted by molar-refractivity contribution is 9.10. The number of hydrogen-bond acceptors (Lipinski definition) is 5. The molecule has 0 fully saturated rings. The highest BCUT2D eigenvalue weighted by atomic mass is 79.9. The number of aryl methyl sites for hydroxylation is 2. The fraction of sp³-hybridized carbons (Fsp3) is 0.267. The van der Waals surface area contributed by atoms with E-state index < -0.39 is 0 Å². The highest BCUT2D eigenvalue weighted by Crippen LogP contribution is 2.32. The van der Waals surface area contributed by atoms with E-state index >= 15 is 0 Å². The molecular weight excluding hydrogens is 364 g/mol. The lowest BCUT2D eigenvalue weighted by atomic mass is 10.2. The number of halogens is 1. The van der Waals surface area contributed by atoms with E-state index in [1.807, 2.05) is 19.9 Å². The number of nitrogens with one attached hydrogen (secondary N) is 1. The Labute approximate surface area is 142 Å². The first-order valence-electron chi connectivity index (χ1n) is 6.80. The third-order valence-electron chi connectivity index (χ3n) is 3.08. The quantitative estimate of drug-likeness (QED) is 0.614. The summed E-state index contributed by atoms with van der Waals surface area (Å²) in [5, 5.41) is 18.0. The molecule has 2 aromatic rings. The van der Waals surface area contributed by atoms with Gasteiger partial charge in [-0.3, -0.25) is 9.48 Å². The molecule has 0 aliphatic carbocycles. The third kappa shape index (κ3) is 4.32. The average molecular weight is 381 g/mol. The number of benzene rings is 1. The number of rotatable bonds is 5. The van der Waals surface area contributed by atoms with Crippen LogP contribution in [0.2, 0.25) is 0 Å². The standard InChI is InChI=1S/C15H17BrN4O3/c1-9-4-10(2)20(19-9)8-14(21)18-17-7-11-5-12(16)6-13(23-3)15(11)22/h4-7,22H,8H2,1-3H3,(H,18,21)/b17-7+. The Morgan fingerprint density at radius 1 is 1.48 bits per heavy atom.